The fraction of sp³-hybridized carbons (Fsp3) is 0.350. The first kappa shape index (κ1) is 22.0. The van der Waals surface area contributed by atoms with Crippen molar-refractivity contribution in [3.63, 3.8) is 0 Å². The van der Waals surface area contributed by atoms with Crippen LogP contribution in [0.1, 0.15) is 22.5 Å². The number of nitrogens with two attached hydrogens (primary N) is 1. The van der Waals surface area contributed by atoms with Gasteiger partial charge >= 0.3 is 0 Å². The lowest BCUT2D eigenvalue weighted by atomic mass is 9.84. The van der Waals surface area contributed by atoms with Crippen LogP contribution in [0.2, 0.25) is 0 Å². The molecule has 1 aromatic heterocycles. The molecule has 2 aliphatic rings. The minimum atomic E-state index is -3.90. The van der Waals surface area contributed by atoms with Crippen LogP contribution in [0.4, 0.5) is 10.1 Å². The Morgan fingerprint density at radius 3 is 2.84 bits per heavy atom. The summed E-state index contributed by atoms with van der Waals surface area (Å²) < 4.78 is 52.6. The van der Waals surface area contributed by atoms with Crippen LogP contribution in [0, 0.1) is 5.82 Å². The summed E-state index contributed by atoms with van der Waals surface area (Å²) in [6, 6.07) is 6.93. The highest BCUT2D eigenvalue weighted by Crippen LogP contribution is 2.44. The lowest BCUT2D eigenvalue weighted by molar-refractivity contribution is 0.0361. The fourth-order valence-corrected chi connectivity index (χ4v) is 5.74. The van der Waals surface area contributed by atoms with E-state index in [-0.39, 0.29) is 42.5 Å². The summed E-state index contributed by atoms with van der Waals surface area (Å²) in [5.74, 6) is -0.981. The van der Waals surface area contributed by atoms with Crippen LogP contribution in [0.15, 0.2) is 41.5 Å². The van der Waals surface area contributed by atoms with Gasteiger partial charge in [0.05, 0.1) is 19.9 Å². The van der Waals surface area contributed by atoms with Crippen LogP contribution >= 0.6 is 0 Å². The smallest absolute Gasteiger partial charge is 0.274 e. The van der Waals surface area contributed by atoms with Crippen molar-refractivity contribution < 1.29 is 27.1 Å². The topological polar surface area (TPSA) is 136 Å². The molecule has 10 nitrogen and oxygen atoms in total. The Morgan fingerprint density at radius 1 is 1.38 bits per heavy atom. The highest BCUT2D eigenvalue weighted by molar-refractivity contribution is 7.90. The van der Waals surface area contributed by atoms with Gasteiger partial charge < -0.3 is 20.5 Å². The number of carbonyl (C=O) groups is 1. The van der Waals surface area contributed by atoms with Gasteiger partial charge in [-0.15, -0.1) is 0 Å². The second-order valence-corrected chi connectivity index (χ2v) is 9.62. The van der Waals surface area contributed by atoms with E-state index in [4.69, 9.17) is 15.2 Å². The number of halogens is 1. The summed E-state index contributed by atoms with van der Waals surface area (Å²) in [4.78, 5) is 21.0. The van der Waals surface area contributed by atoms with Crippen LogP contribution < -0.4 is 15.8 Å². The monoisotopic (exact) mass is 463 g/mol. The zero-order valence-electron chi connectivity index (χ0n) is 17.4. The number of ether oxygens (including phenoxy) is 2. The largest absolute Gasteiger partial charge is 0.495 e. The molecule has 3 N–H and O–H groups in total. The lowest BCUT2D eigenvalue weighted by Crippen LogP contribution is -2.61. The van der Waals surface area contributed by atoms with E-state index in [1.54, 1.807) is 6.07 Å². The summed E-state index contributed by atoms with van der Waals surface area (Å²) in [5, 5.41) is 1.58. The van der Waals surface area contributed by atoms with Gasteiger partial charge in [-0.2, -0.15) is 0 Å². The number of carbonyl (C=O) groups excluding carboxylic acids is 1. The molecule has 0 saturated carbocycles. The normalized spacial score (nSPS) is 24.3. The number of methoxy groups -OCH3 is 1. The van der Waals surface area contributed by atoms with E-state index in [2.05, 4.69) is 15.3 Å². The molecule has 4 rings (SSSR count). The summed E-state index contributed by atoms with van der Waals surface area (Å²) in [5.41, 5.74) is 4.65. The molecule has 1 fully saturated rings. The quantitative estimate of drug-likeness (QED) is 0.692. The molecule has 1 saturated heterocycles. The van der Waals surface area contributed by atoms with Gasteiger partial charge in [-0.3, -0.25) is 4.79 Å². The molecular weight excluding hydrogens is 441 g/mol. The molecule has 1 amide bonds. The number of rotatable bonds is 4. The maximum absolute atomic E-state index is 15.0. The van der Waals surface area contributed by atoms with Gasteiger partial charge in [-0.05, 0) is 36.8 Å². The zero-order chi connectivity index (χ0) is 23.1. The van der Waals surface area contributed by atoms with Gasteiger partial charge in [-0.1, -0.05) is 0 Å². The van der Waals surface area contributed by atoms with E-state index in [0.717, 1.165) is 10.4 Å². The van der Waals surface area contributed by atoms with Crippen LogP contribution in [0.25, 0.3) is 0 Å². The highest BCUT2D eigenvalue weighted by atomic mass is 32.2. The molecule has 0 bridgehead atoms. The Labute approximate surface area is 184 Å². The van der Waals surface area contributed by atoms with Gasteiger partial charge in [0.2, 0.25) is 16.0 Å². The standard InChI is InChI=1S/C20H22FN5O5S/c1-26-19(22)25-20(11-31-8-7-17(20)32(26,28)29)14-9-12(3-5-15(14)21)24-18(27)16-6-4-13(30-2)10-23-16/h3-6,9-10,17H,7-8,11H2,1-2H3,(H2,22,25)(H,24,27). The first-order chi connectivity index (χ1) is 15.2. The average molecular weight is 463 g/mol. The van der Waals surface area contributed by atoms with Gasteiger partial charge in [0.1, 0.15) is 28.0 Å². The Morgan fingerprint density at radius 2 is 2.16 bits per heavy atom. The molecule has 0 radical (unpaired) electrons. The minimum Gasteiger partial charge on any atom is -0.495 e. The molecule has 2 atom stereocenters. The van der Waals surface area contributed by atoms with Crippen molar-refractivity contribution in [1.82, 2.24) is 9.29 Å². The number of nitrogens with zero attached hydrogens (tertiary/aromatic N) is 3. The summed E-state index contributed by atoms with van der Waals surface area (Å²) in [6.07, 6.45) is 1.52. The van der Waals surface area contributed by atoms with Crippen molar-refractivity contribution in [1.29, 1.82) is 0 Å². The predicted molar refractivity (Wildman–Crippen MR) is 114 cm³/mol. The Bertz CT molecular complexity index is 1190. The third-order valence-electron chi connectivity index (χ3n) is 5.65. The molecule has 3 heterocycles. The predicted octanol–water partition coefficient (Wildman–Crippen LogP) is 1.06. The number of hydrogen-bond acceptors (Lipinski definition) is 8. The lowest BCUT2D eigenvalue weighted by Gasteiger charge is -2.45. The van der Waals surface area contributed by atoms with E-state index in [1.807, 2.05) is 0 Å². The van der Waals surface area contributed by atoms with Crippen molar-refractivity contribution in [2.24, 2.45) is 10.7 Å². The average Bonchev–Trinajstić information content (AvgIpc) is 2.79. The number of pyridine rings is 1. The van der Waals surface area contributed by atoms with E-state index < -0.39 is 32.5 Å². The van der Waals surface area contributed by atoms with Crippen molar-refractivity contribution in [2.75, 3.05) is 32.7 Å². The highest BCUT2D eigenvalue weighted by Gasteiger charge is 2.56. The number of amides is 1. The first-order valence-electron chi connectivity index (χ1n) is 9.71. The fourth-order valence-electron chi connectivity index (χ4n) is 3.92. The first-order valence-corrected chi connectivity index (χ1v) is 11.2. The molecule has 2 aromatic rings. The van der Waals surface area contributed by atoms with Crippen LogP contribution in [0.3, 0.4) is 0 Å². The van der Waals surface area contributed by atoms with E-state index in [0.29, 0.717) is 5.75 Å². The van der Waals surface area contributed by atoms with Crippen molar-refractivity contribution in [3.05, 3.63) is 53.6 Å². The third kappa shape index (κ3) is 3.54. The maximum atomic E-state index is 15.0. The summed E-state index contributed by atoms with van der Waals surface area (Å²) >= 11 is 0. The number of fused-ring (bicyclic) bond motifs is 1. The Balaban J connectivity index is 1.74. The van der Waals surface area contributed by atoms with Crippen molar-refractivity contribution in [2.45, 2.75) is 17.2 Å². The van der Waals surface area contributed by atoms with Crippen LogP contribution in [0.5, 0.6) is 5.75 Å². The molecule has 170 valence electrons. The molecule has 32 heavy (non-hydrogen) atoms. The number of sulfonamides is 1. The molecular formula is C20H22FN5O5S. The SMILES string of the molecule is COc1ccc(C(=O)Nc2ccc(F)c(C34COCCC3S(=O)(=O)N(C)C(N)=N4)c2)nc1. The number of benzene rings is 1. The summed E-state index contributed by atoms with van der Waals surface area (Å²) in [6.45, 7) is 0.0237. The van der Waals surface area contributed by atoms with Gasteiger partial charge in [0.25, 0.3) is 5.91 Å². The number of hydrogen-bond donors (Lipinski definition) is 2. The summed E-state index contributed by atoms with van der Waals surface area (Å²) in [7, 11) is -1.11. The number of aliphatic imine (C=N–C) groups is 1. The van der Waals surface area contributed by atoms with Crippen LogP contribution in [-0.2, 0) is 20.3 Å². The number of nitrogens with one attached hydrogen (secondary N) is 1. The van der Waals surface area contributed by atoms with Crippen molar-refractivity contribution in [3.8, 4) is 5.75 Å². The number of anilines is 1. The second-order valence-electron chi connectivity index (χ2n) is 7.47. The Hall–Kier alpha value is -3.25. The minimum absolute atomic E-state index is 0.0256. The molecule has 2 aliphatic heterocycles. The van der Waals surface area contributed by atoms with Crippen LogP contribution in [-0.4, -0.2) is 62.2 Å². The zero-order valence-corrected chi connectivity index (χ0v) is 18.2. The number of aromatic nitrogens is 1. The molecule has 0 aliphatic carbocycles. The van der Waals surface area contributed by atoms with E-state index in [9.17, 15) is 13.2 Å². The maximum Gasteiger partial charge on any atom is 0.274 e. The van der Waals surface area contributed by atoms with E-state index in [1.165, 1.54) is 38.6 Å². The second kappa shape index (κ2) is 8.02. The van der Waals surface area contributed by atoms with E-state index >= 15 is 4.39 Å². The van der Waals surface area contributed by atoms with Crippen molar-refractivity contribution >= 4 is 27.6 Å². The molecule has 12 heteroatoms. The molecule has 1 aromatic carbocycles. The molecule has 0 spiro atoms. The number of guanidine groups is 1. The molecule has 2 unspecified atom stereocenters. The Kier molecular flexibility index (Phi) is 5.51. The van der Waals surface area contributed by atoms with Gasteiger partial charge in [0, 0.05) is 24.9 Å². The van der Waals surface area contributed by atoms with Gasteiger partial charge in [-0.25, -0.2) is 27.1 Å². The third-order valence-corrected chi connectivity index (χ3v) is 7.95. The van der Waals surface area contributed by atoms with Gasteiger partial charge in [0.15, 0.2) is 0 Å².